The van der Waals surface area contributed by atoms with E-state index in [9.17, 15) is 4.79 Å². The predicted molar refractivity (Wildman–Crippen MR) is 74.9 cm³/mol. The highest BCUT2D eigenvalue weighted by atomic mass is 35.5. The smallest absolute Gasteiger partial charge is 0.226 e. The van der Waals surface area contributed by atoms with Gasteiger partial charge in [-0.1, -0.05) is 19.1 Å². The molecule has 5 heteroatoms. The molecule has 1 aromatic rings. The number of benzene rings is 1. The van der Waals surface area contributed by atoms with Crippen LogP contribution in [0.4, 0.5) is 0 Å². The zero-order valence-electron chi connectivity index (χ0n) is 11.1. The summed E-state index contributed by atoms with van der Waals surface area (Å²) in [7, 11) is 3.42. The van der Waals surface area contributed by atoms with Crippen molar-refractivity contribution in [2.45, 2.75) is 13.5 Å². The van der Waals surface area contributed by atoms with Crippen LogP contribution >= 0.6 is 12.4 Å². The van der Waals surface area contributed by atoms with Crippen LogP contribution in [0.25, 0.3) is 0 Å². The van der Waals surface area contributed by atoms with E-state index in [2.05, 4.69) is 0 Å². The van der Waals surface area contributed by atoms with E-state index in [1.165, 1.54) is 0 Å². The van der Waals surface area contributed by atoms with Crippen molar-refractivity contribution in [3.63, 3.8) is 0 Å². The van der Waals surface area contributed by atoms with Crippen molar-refractivity contribution in [1.29, 1.82) is 0 Å². The molecule has 0 radical (unpaired) electrons. The molecule has 1 atom stereocenters. The van der Waals surface area contributed by atoms with Crippen molar-refractivity contribution < 1.29 is 9.53 Å². The minimum Gasteiger partial charge on any atom is -0.497 e. The maximum atomic E-state index is 11.8. The van der Waals surface area contributed by atoms with Gasteiger partial charge in [0.05, 0.1) is 7.11 Å². The Hall–Kier alpha value is -1.26. The third-order valence-electron chi connectivity index (χ3n) is 2.71. The van der Waals surface area contributed by atoms with Gasteiger partial charge < -0.3 is 15.4 Å². The molecule has 1 amide bonds. The van der Waals surface area contributed by atoms with Crippen molar-refractivity contribution in [3.8, 4) is 5.75 Å². The maximum absolute atomic E-state index is 11.8. The summed E-state index contributed by atoms with van der Waals surface area (Å²) in [6.07, 6.45) is 0. The lowest BCUT2D eigenvalue weighted by molar-refractivity contribution is -0.133. The molecule has 4 nitrogen and oxygen atoms in total. The molecule has 18 heavy (non-hydrogen) atoms. The van der Waals surface area contributed by atoms with Gasteiger partial charge in [-0.05, 0) is 17.7 Å². The third-order valence-corrected chi connectivity index (χ3v) is 2.71. The molecular formula is C13H21ClN2O2. The summed E-state index contributed by atoms with van der Waals surface area (Å²) < 4.78 is 5.14. The standard InChI is InChI=1S/C13H20N2O2.ClH/c1-10(8-14)13(16)15(2)9-11-5-4-6-12(7-11)17-3;/h4-7,10H,8-9,14H2,1-3H3;1H. The van der Waals surface area contributed by atoms with Gasteiger partial charge in [0.15, 0.2) is 0 Å². The van der Waals surface area contributed by atoms with Gasteiger partial charge in [-0.25, -0.2) is 0 Å². The maximum Gasteiger partial charge on any atom is 0.226 e. The molecule has 0 bridgehead atoms. The van der Waals surface area contributed by atoms with E-state index >= 15 is 0 Å². The number of nitrogens with two attached hydrogens (primary N) is 1. The van der Waals surface area contributed by atoms with Crippen LogP contribution in [0.1, 0.15) is 12.5 Å². The molecule has 1 rings (SSSR count). The van der Waals surface area contributed by atoms with Crippen LogP contribution in [0, 0.1) is 5.92 Å². The van der Waals surface area contributed by atoms with E-state index in [4.69, 9.17) is 10.5 Å². The molecule has 1 unspecified atom stereocenters. The van der Waals surface area contributed by atoms with Crippen LogP contribution < -0.4 is 10.5 Å². The summed E-state index contributed by atoms with van der Waals surface area (Å²) >= 11 is 0. The van der Waals surface area contributed by atoms with Crippen LogP contribution in [-0.4, -0.2) is 31.5 Å². The zero-order chi connectivity index (χ0) is 12.8. The number of hydrogen-bond acceptors (Lipinski definition) is 3. The van der Waals surface area contributed by atoms with E-state index in [0.717, 1.165) is 11.3 Å². The van der Waals surface area contributed by atoms with Gasteiger partial charge in [0.25, 0.3) is 0 Å². The fourth-order valence-electron chi connectivity index (χ4n) is 1.60. The second kappa shape index (κ2) is 7.95. The SMILES string of the molecule is COc1cccc(CN(C)C(=O)C(C)CN)c1.Cl. The summed E-state index contributed by atoms with van der Waals surface area (Å²) in [5.74, 6) is 0.733. The first-order chi connectivity index (χ1) is 8.08. The molecule has 0 spiro atoms. The Kier molecular flexibility index (Phi) is 7.39. The number of rotatable bonds is 5. The fraction of sp³-hybridized carbons (Fsp3) is 0.462. The van der Waals surface area contributed by atoms with Gasteiger partial charge >= 0.3 is 0 Å². The first kappa shape index (κ1) is 16.7. The van der Waals surface area contributed by atoms with E-state index in [1.54, 1.807) is 19.1 Å². The molecule has 102 valence electrons. The summed E-state index contributed by atoms with van der Waals surface area (Å²) in [6, 6.07) is 7.70. The highest BCUT2D eigenvalue weighted by Crippen LogP contribution is 2.14. The Labute approximate surface area is 115 Å². The van der Waals surface area contributed by atoms with Gasteiger partial charge in [-0.15, -0.1) is 12.4 Å². The molecule has 1 aromatic carbocycles. The second-order valence-electron chi connectivity index (χ2n) is 4.18. The third kappa shape index (κ3) is 4.55. The fourth-order valence-corrected chi connectivity index (χ4v) is 1.60. The van der Waals surface area contributed by atoms with E-state index in [-0.39, 0.29) is 24.2 Å². The van der Waals surface area contributed by atoms with E-state index in [1.807, 2.05) is 31.2 Å². The van der Waals surface area contributed by atoms with Crippen LogP contribution in [0.3, 0.4) is 0 Å². The lowest BCUT2D eigenvalue weighted by Crippen LogP contribution is -2.34. The number of carbonyl (C=O) groups excluding carboxylic acids is 1. The van der Waals surface area contributed by atoms with Gasteiger partial charge in [0.1, 0.15) is 5.75 Å². The van der Waals surface area contributed by atoms with Crippen LogP contribution in [0.15, 0.2) is 24.3 Å². The van der Waals surface area contributed by atoms with E-state index in [0.29, 0.717) is 13.1 Å². The molecule has 0 saturated heterocycles. The van der Waals surface area contributed by atoms with Crippen molar-refractivity contribution in [3.05, 3.63) is 29.8 Å². The van der Waals surface area contributed by atoms with Crippen molar-refractivity contribution in [2.75, 3.05) is 20.7 Å². The minimum atomic E-state index is -0.134. The quantitative estimate of drug-likeness (QED) is 0.887. The molecule has 0 heterocycles. The normalized spacial score (nSPS) is 11.3. The number of halogens is 1. The van der Waals surface area contributed by atoms with E-state index < -0.39 is 0 Å². The van der Waals surface area contributed by atoms with Crippen molar-refractivity contribution >= 4 is 18.3 Å². The average Bonchev–Trinajstić information content (AvgIpc) is 2.37. The summed E-state index contributed by atoms with van der Waals surface area (Å²) in [5, 5.41) is 0. The summed E-state index contributed by atoms with van der Waals surface area (Å²) in [4.78, 5) is 13.5. The zero-order valence-corrected chi connectivity index (χ0v) is 11.9. The molecule has 0 aliphatic heterocycles. The van der Waals surface area contributed by atoms with Gasteiger partial charge in [0.2, 0.25) is 5.91 Å². The van der Waals surface area contributed by atoms with Gasteiger partial charge in [0, 0.05) is 26.1 Å². The molecular weight excluding hydrogens is 252 g/mol. The molecule has 0 aliphatic rings. The van der Waals surface area contributed by atoms with Gasteiger partial charge in [-0.2, -0.15) is 0 Å². The second-order valence-corrected chi connectivity index (χ2v) is 4.18. The van der Waals surface area contributed by atoms with Crippen LogP contribution in [0.2, 0.25) is 0 Å². The highest BCUT2D eigenvalue weighted by Gasteiger charge is 2.15. The lowest BCUT2D eigenvalue weighted by atomic mass is 10.1. The monoisotopic (exact) mass is 272 g/mol. The molecule has 0 aromatic heterocycles. The van der Waals surface area contributed by atoms with Crippen molar-refractivity contribution in [1.82, 2.24) is 4.90 Å². The van der Waals surface area contributed by atoms with Crippen LogP contribution in [-0.2, 0) is 11.3 Å². The Morgan fingerprint density at radius 1 is 1.50 bits per heavy atom. The summed E-state index contributed by atoms with van der Waals surface area (Å²) in [5.41, 5.74) is 6.53. The lowest BCUT2D eigenvalue weighted by Gasteiger charge is -2.20. The minimum absolute atomic E-state index is 0. The number of hydrogen-bond donors (Lipinski definition) is 1. The average molecular weight is 273 g/mol. The largest absolute Gasteiger partial charge is 0.497 e. The van der Waals surface area contributed by atoms with Crippen LogP contribution in [0.5, 0.6) is 5.75 Å². The number of carbonyl (C=O) groups is 1. The number of methoxy groups -OCH3 is 1. The van der Waals surface area contributed by atoms with Crippen molar-refractivity contribution in [2.24, 2.45) is 11.7 Å². The molecule has 0 saturated carbocycles. The summed E-state index contributed by atoms with van der Waals surface area (Å²) in [6.45, 7) is 2.78. The first-order valence-electron chi connectivity index (χ1n) is 5.66. The topological polar surface area (TPSA) is 55.6 Å². The first-order valence-corrected chi connectivity index (χ1v) is 5.66. The molecule has 0 fully saturated rings. The highest BCUT2D eigenvalue weighted by molar-refractivity contribution is 5.85. The predicted octanol–water partition coefficient (Wildman–Crippen LogP) is 1.67. The molecule has 2 N–H and O–H groups in total. The Bertz CT molecular complexity index is 385. The number of nitrogens with zero attached hydrogens (tertiary/aromatic N) is 1. The Morgan fingerprint density at radius 2 is 2.17 bits per heavy atom. The Morgan fingerprint density at radius 3 is 2.72 bits per heavy atom. The Balaban J connectivity index is 0.00000289. The number of amides is 1. The number of ether oxygens (including phenoxy) is 1. The van der Waals surface area contributed by atoms with Gasteiger partial charge in [-0.3, -0.25) is 4.79 Å². The molecule has 0 aliphatic carbocycles.